The Hall–Kier alpha value is -1.52. The smallest absolute Gasteiger partial charge is 0.137 e. The molecule has 0 radical (unpaired) electrons. The number of aromatic nitrogens is 2. The second-order valence-corrected chi connectivity index (χ2v) is 4.49. The van der Waals surface area contributed by atoms with Gasteiger partial charge < -0.3 is 10.5 Å². The van der Waals surface area contributed by atoms with E-state index in [9.17, 15) is 0 Å². The lowest BCUT2D eigenvalue weighted by Gasteiger charge is -2.08. The molecule has 0 bridgehead atoms. The van der Waals surface area contributed by atoms with Crippen molar-refractivity contribution in [2.75, 3.05) is 7.11 Å². The maximum Gasteiger partial charge on any atom is 0.137 e. The summed E-state index contributed by atoms with van der Waals surface area (Å²) in [6, 6.07) is 5.58. The van der Waals surface area contributed by atoms with Crippen LogP contribution in [0.4, 0.5) is 0 Å². The molecule has 0 spiro atoms. The van der Waals surface area contributed by atoms with Gasteiger partial charge in [-0.25, -0.2) is 4.68 Å². The first kappa shape index (κ1) is 12.9. The number of nitrogens with two attached hydrogens (primary N) is 1. The van der Waals surface area contributed by atoms with E-state index in [1.54, 1.807) is 7.11 Å². The van der Waals surface area contributed by atoms with Crippen molar-refractivity contribution in [3.63, 3.8) is 0 Å². The van der Waals surface area contributed by atoms with Crippen molar-refractivity contribution in [1.82, 2.24) is 9.78 Å². The second-order valence-electron chi connectivity index (χ2n) is 4.08. The Labute approximate surface area is 111 Å². The van der Waals surface area contributed by atoms with Crippen molar-refractivity contribution in [2.24, 2.45) is 5.73 Å². The van der Waals surface area contributed by atoms with E-state index >= 15 is 0 Å². The van der Waals surface area contributed by atoms with Gasteiger partial charge in [-0.2, -0.15) is 5.10 Å². The fourth-order valence-corrected chi connectivity index (χ4v) is 2.26. The largest absolute Gasteiger partial charge is 0.495 e. The molecule has 5 heteroatoms. The molecule has 2 aromatic rings. The Morgan fingerprint density at radius 1 is 1.39 bits per heavy atom. The fourth-order valence-electron chi connectivity index (χ4n) is 2.01. The van der Waals surface area contributed by atoms with E-state index in [1.165, 1.54) is 0 Å². The molecule has 1 heterocycles. The van der Waals surface area contributed by atoms with Gasteiger partial charge in [-0.3, -0.25) is 0 Å². The summed E-state index contributed by atoms with van der Waals surface area (Å²) >= 11 is 6.12. The number of benzene rings is 1. The average Bonchev–Trinajstić information content (AvgIpc) is 2.64. The van der Waals surface area contributed by atoms with Crippen LogP contribution in [0.25, 0.3) is 5.69 Å². The SMILES string of the molecule is COc1ccc(-n2nc(C)c(CN)c2C)cc1Cl. The van der Waals surface area contributed by atoms with E-state index in [2.05, 4.69) is 5.10 Å². The van der Waals surface area contributed by atoms with Gasteiger partial charge in [0.25, 0.3) is 0 Å². The minimum Gasteiger partial charge on any atom is -0.495 e. The zero-order valence-electron chi connectivity index (χ0n) is 10.7. The van der Waals surface area contributed by atoms with Crippen molar-refractivity contribution in [1.29, 1.82) is 0 Å². The minimum absolute atomic E-state index is 0.488. The van der Waals surface area contributed by atoms with E-state index in [0.29, 0.717) is 17.3 Å². The van der Waals surface area contributed by atoms with Crippen molar-refractivity contribution in [3.05, 3.63) is 40.2 Å². The molecule has 0 unspecified atom stereocenters. The molecule has 1 aromatic heterocycles. The summed E-state index contributed by atoms with van der Waals surface area (Å²) in [5, 5.41) is 5.05. The van der Waals surface area contributed by atoms with Crippen LogP contribution in [0.1, 0.15) is 17.0 Å². The molecule has 2 rings (SSSR count). The highest BCUT2D eigenvalue weighted by molar-refractivity contribution is 6.32. The highest BCUT2D eigenvalue weighted by Crippen LogP contribution is 2.27. The fraction of sp³-hybridized carbons (Fsp3) is 0.308. The van der Waals surface area contributed by atoms with E-state index < -0.39 is 0 Å². The standard InChI is InChI=1S/C13H16ClN3O/c1-8-11(7-15)9(2)17(16-8)10-4-5-13(18-3)12(14)6-10/h4-6H,7,15H2,1-3H3. The Bertz CT molecular complexity index is 578. The highest BCUT2D eigenvalue weighted by atomic mass is 35.5. The topological polar surface area (TPSA) is 53.1 Å². The number of hydrogen-bond acceptors (Lipinski definition) is 3. The molecule has 0 aliphatic carbocycles. The molecule has 96 valence electrons. The van der Waals surface area contributed by atoms with Gasteiger partial charge in [0, 0.05) is 17.8 Å². The van der Waals surface area contributed by atoms with E-state index in [0.717, 1.165) is 22.6 Å². The van der Waals surface area contributed by atoms with Gasteiger partial charge in [0.05, 0.1) is 23.5 Å². The Kier molecular flexibility index (Phi) is 3.59. The summed E-state index contributed by atoms with van der Waals surface area (Å²) in [6.07, 6.45) is 0. The van der Waals surface area contributed by atoms with E-state index in [-0.39, 0.29) is 0 Å². The molecule has 0 atom stereocenters. The van der Waals surface area contributed by atoms with Crippen molar-refractivity contribution < 1.29 is 4.74 Å². The molecule has 0 amide bonds. The summed E-state index contributed by atoms with van der Waals surface area (Å²) in [6.45, 7) is 4.44. The number of aryl methyl sites for hydroxylation is 1. The third-order valence-electron chi connectivity index (χ3n) is 3.03. The van der Waals surface area contributed by atoms with Crippen molar-refractivity contribution in [3.8, 4) is 11.4 Å². The summed E-state index contributed by atoms with van der Waals surface area (Å²) in [5.74, 6) is 0.654. The third-order valence-corrected chi connectivity index (χ3v) is 3.32. The first-order chi connectivity index (χ1) is 8.58. The second kappa shape index (κ2) is 5.00. The van der Waals surface area contributed by atoms with Crippen LogP contribution in [0, 0.1) is 13.8 Å². The monoisotopic (exact) mass is 265 g/mol. The Balaban J connectivity index is 2.52. The lowest BCUT2D eigenvalue weighted by Crippen LogP contribution is -2.02. The normalized spacial score (nSPS) is 10.7. The number of ether oxygens (including phenoxy) is 1. The van der Waals surface area contributed by atoms with Gasteiger partial charge in [0.15, 0.2) is 0 Å². The molecule has 0 aliphatic rings. The van der Waals surface area contributed by atoms with Crippen LogP contribution < -0.4 is 10.5 Å². The maximum atomic E-state index is 6.12. The lowest BCUT2D eigenvalue weighted by atomic mass is 10.2. The van der Waals surface area contributed by atoms with E-state index in [1.807, 2.05) is 36.7 Å². The number of rotatable bonds is 3. The Morgan fingerprint density at radius 3 is 2.61 bits per heavy atom. The molecule has 0 fully saturated rings. The molecule has 2 N–H and O–H groups in total. The van der Waals surface area contributed by atoms with E-state index in [4.69, 9.17) is 22.1 Å². The van der Waals surface area contributed by atoms with Crippen LogP contribution >= 0.6 is 11.6 Å². The summed E-state index contributed by atoms with van der Waals surface area (Å²) in [7, 11) is 1.59. The van der Waals surface area contributed by atoms with Crippen LogP contribution in [-0.2, 0) is 6.54 Å². The summed E-state index contributed by atoms with van der Waals surface area (Å²) in [4.78, 5) is 0. The van der Waals surface area contributed by atoms with Crippen LogP contribution in [0.3, 0.4) is 0 Å². The molecular formula is C13H16ClN3O. The van der Waals surface area contributed by atoms with Crippen LogP contribution in [0.15, 0.2) is 18.2 Å². The van der Waals surface area contributed by atoms with Gasteiger partial charge in [-0.15, -0.1) is 0 Å². The summed E-state index contributed by atoms with van der Waals surface area (Å²) < 4.78 is 6.98. The first-order valence-corrected chi connectivity index (χ1v) is 6.05. The summed E-state index contributed by atoms with van der Waals surface area (Å²) in [5.41, 5.74) is 9.68. The van der Waals surface area contributed by atoms with Crippen LogP contribution in [0.2, 0.25) is 5.02 Å². The number of halogens is 1. The first-order valence-electron chi connectivity index (χ1n) is 5.67. The van der Waals surface area contributed by atoms with Gasteiger partial charge in [-0.05, 0) is 32.0 Å². The number of hydrogen-bond donors (Lipinski definition) is 1. The van der Waals surface area contributed by atoms with Crippen molar-refractivity contribution >= 4 is 11.6 Å². The molecule has 0 aliphatic heterocycles. The predicted molar refractivity (Wildman–Crippen MR) is 72.5 cm³/mol. The Morgan fingerprint density at radius 2 is 2.11 bits per heavy atom. The highest BCUT2D eigenvalue weighted by Gasteiger charge is 2.12. The lowest BCUT2D eigenvalue weighted by molar-refractivity contribution is 0.415. The zero-order chi connectivity index (χ0) is 13.3. The maximum absolute atomic E-state index is 6.12. The number of nitrogens with zero attached hydrogens (tertiary/aromatic N) is 2. The molecule has 1 aromatic carbocycles. The van der Waals surface area contributed by atoms with Gasteiger partial charge in [-0.1, -0.05) is 11.6 Å². The average molecular weight is 266 g/mol. The quantitative estimate of drug-likeness (QED) is 0.928. The molecule has 0 saturated heterocycles. The van der Waals surface area contributed by atoms with Crippen molar-refractivity contribution in [2.45, 2.75) is 20.4 Å². The van der Waals surface area contributed by atoms with Crippen LogP contribution in [0.5, 0.6) is 5.75 Å². The third kappa shape index (κ3) is 2.09. The van der Waals surface area contributed by atoms with Gasteiger partial charge >= 0.3 is 0 Å². The van der Waals surface area contributed by atoms with Crippen LogP contribution in [-0.4, -0.2) is 16.9 Å². The number of methoxy groups -OCH3 is 1. The minimum atomic E-state index is 0.488. The van der Waals surface area contributed by atoms with Gasteiger partial charge in [0.1, 0.15) is 5.75 Å². The van der Waals surface area contributed by atoms with Gasteiger partial charge in [0.2, 0.25) is 0 Å². The zero-order valence-corrected chi connectivity index (χ0v) is 11.5. The molecule has 4 nitrogen and oxygen atoms in total. The predicted octanol–water partition coefficient (Wildman–Crippen LogP) is 2.61. The molecule has 18 heavy (non-hydrogen) atoms. The molecular weight excluding hydrogens is 250 g/mol. The molecule has 0 saturated carbocycles.